The fraction of sp³-hybridized carbons (Fsp3) is 0.0192. The Hall–Kier alpha value is -7.83. The molecule has 4 heterocycles. The van der Waals surface area contributed by atoms with Gasteiger partial charge >= 0.3 is 0 Å². The molecule has 8 aromatic carbocycles. The van der Waals surface area contributed by atoms with E-state index in [-0.39, 0.29) is 0 Å². The number of ether oxygens (including phenoxy) is 1. The molecule has 12 rings (SSSR count). The molecule has 2 aromatic heterocycles. The first-order valence-corrected chi connectivity index (χ1v) is 19.5. The monoisotopic (exact) mass is 743 g/mol. The Labute approximate surface area is 334 Å². The van der Waals surface area contributed by atoms with E-state index in [4.69, 9.17) is 19.7 Å². The highest BCUT2D eigenvalue weighted by atomic mass is 16.5. The molecule has 2 aliphatic heterocycles. The van der Waals surface area contributed by atoms with Gasteiger partial charge in [0, 0.05) is 38.7 Å². The summed E-state index contributed by atoms with van der Waals surface area (Å²) >= 11 is 0. The Bertz CT molecular complexity index is 3110. The highest BCUT2D eigenvalue weighted by molar-refractivity contribution is 6.10. The highest BCUT2D eigenvalue weighted by Crippen LogP contribution is 2.63. The fourth-order valence-electron chi connectivity index (χ4n) is 9.30. The van der Waals surface area contributed by atoms with Crippen LogP contribution in [0.25, 0.3) is 50.5 Å². The molecule has 0 bridgehead atoms. The molecule has 272 valence electrons. The maximum Gasteiger partial charge on any atom is 0.238 e. The zero-order valence-corrected chi connectivity index (χ0v) is 31.2. The van der Waals surface area contributed by atoms with Gasteiger partial charge in [0.1, 0.15) is 11.5 Å². The third kappa shape index (κ3) is 4.63. The van der Waals surface area contributed by atoms with Crippen LogP contribution in [0.5, 0.6) is 11.5 Å². The van der Waals surface area contributed by atoms with Crippen molar-refractivity contribution < 1.29 is 4.74 Å². The minimum Gasteiger partial charge on any atom is -0.457 e. The minimum atomic E-state index is -0.735. The molecule has 0 amide bonds. The maximum absolute atomic E-state index is 7.01. The van der Waals surface area contributed by atoms with Crippen LogP contribution in [0, 0.1) is 0 Å². The average molecular weight is 744 g/mol. The van der Waals surface area contributed by atoms with E-state index in [1.54, 1.807) is 0 Å². The van der Waals surface area contributed by atoms with Gasteiger partial charge in [0.15, 0.2) is 11.6 Å². The van der Waals surface area contributed by atoms with E-state index in [2.05, 4.69) is 149 Å². The molecule has 0 fully saturated rings. The fourth-order valence-corrected chi connectivity index (χ4v) is 9.30. The van der Waals surface area contributed by atoms with Crippen molar-refractivity contribution in [2.45, 2.75) is 5.41 Å². The van der Waals surface area contributed by atoms with Gasteiger partial charge in [-0.1, -0.05) is 152 Å². The Morgan fingerprint density at radius 1 is 0.397 bits per heavy atom. The number of nitrogens with zero attached hydrogens (tertiary/aromatic N) is 5. The van der Waals surface area contributed by atoms with E-state index in [1.165, 1.54) is 11.1 Å². The maximum atomic E-state index is 7.01. The zero-order valence-electron chi connectivity index (χ0n) is 31.2. The van der Waals surface area contributed by atoms with Gasteiger partial charge in [0.05, 0.1) is 27.8 Å². The minimum absolute atomic E-state index is 0.546. The normalized spacial score (nSPS) is 13.4. The second kappa shape index (κ2) is 12.6. The van der Waals surface area contributed by atoms with E-state index in [0.29, 0.717) is 17.6 Å². The molecular weight excluding hydrogens is 711 g/mol. The number of para-hydroxylation sites is 5. The summed E-state index contributed by atoms with van der Waals surface area (Å²) in [7, 11) is 0. The first kappa shape index (κ1) is 32.4. The largest absolute Gasteiger partial charge is 0.457 e. The predicted molar refractivity (Wildman–Crippen MR) is 232 cm³/mol. The van der Waals surface area contributed by atoms with Gasteiger partial charge in [-0.2, -0.15) is 9.97 Å². The number of rotatable bonds is 4. The number of anilines is 3. The summed E-state index contributed by atoms with van der Waals surface area (Å²) in [6, 6.07) is 70.2. The summed E-state index contributed by atoms with van der Waals surface area (Å²) < 4.78 is 9.21. The van der Waals surface area contributed by atoms with E-state index >= 15 is 0 Å². The van der Waals surface area contributed by atoms with Gasteiger partial charge in [-0.25, -0.2) is 4.98 Å². The lowest BCUT2D eigenvalue weighted by atomic mass is 9.61. The van der Waals surface area contributed by atoms with Crippen molar-refractivity contribution in [3.8, 4) is 40.2 Å². The van der Waals surface area contributed by atoms with Crippen molar-refractivity contribution >= 4 is 38.9 Å². The molecule has 0 aliphatic carbocycles. The summed E-state index contributed by atoms with van der Waals surface area (Å²) in [6.45, 7) is 0. The van der Waals surface area contributed by atoms with E-state index in [1.807, 2.05) is 60.7 Å². The molecule has 10 aromatic rings. The van der Waals surface area contributed by atoms with Crippen LogP contribution in [0.3, 0.4) is 0 Å². The van der Waals surface area contributed by atoms with Gasteiger partial charge in [-0.3, -0.25) is 4.57 Å². The van der Waals surface area contributed by atoms with Crippen LogP contribution in [0.1, 0.15) is 22.3 Å². The molecule has 0 radical (unpaired) electrons. The molecule has 1 spiro atoms. The second-order valence-corrected chi connectivity index (χ2v) is 14.8. The first-order chi connectivity index (χ1) is 28.8. The Balaban J connectivity index is 1.20. The van der Waals surface area contributed by atoms with Crippen molar-refractivity contribution in [2.75, 3.05) is 4.90 Å². The Morgan fingerprint density at radius 2 is 0.931 bits per heavy atom. The molecule has 0 saturated heterocycles. The Kier molecular flexibility index (Phi) is 7.04. The summed E-state index contributed by atoms with van der Waals surface area (Å²) in [4.78, 5) is 17.9. The topological polar surface area (TPSA) is 56.1 Å². The lowest BCUT2D eigenvalue weighted by Crippen LogP contribution is -2.39. The number of hydrogen-bond acceptors (Lipinski definition) is 5. The molecular formula is C52H33N5O. The number of hydrogen-bond donors (Lipinski definition) is 0. The summed E-state index contributed by atoms with van der Waals surface area (Å²) in [5, 5.41) is 2.13. The van der Waals surface area contributed by atoms with Gasteiger partial charge in [0.25, 0.3) is 0 Å². The molecule has 0 unspecified atom stereocenters. The van der Waals surface area contributed by atoms with Gasteiger partial charge < -0.3 is 9.64 Å². The standard InChI is InChI=1S/C52H33N5O/c1-4-18-34(19-5-1)49-53-50(35-20-6-2-7-21-35)55-51(54-49)57-43-28-14-10-24-37(43)38-32-48-42(33-46(38)57)52(41-27-13-17-31-47(41)58-48)39-25-11-15-29-44(39)56(36-22-8-3-9-23-36)45-30-16-12-26-40(45)52/h1-33H. The van der Waals surface area contributed by atoms with Crippen molar-refractivity contribution in [1.29, 1.82) is 0 Å². The molecule has 6 nitrogen and oxygen atoms in total. The first-order valence-electron chi connectivity index (χ1n) is 19.5. The predicted octanol–water partition coefficient (Wildman–Crippen LogP) is 12.6. The smallest absolute Gasteiger partial charge is 0.238 e. The molecule has 0 N–H and O–H groups in total. The number of aromatic nitrogens is 4. The lowest BCUT2D eigenvalue weighted by Gasteiger charge is -2.48. The van der Waals surface area contributed by atoms with Gasteiger partial charge in [-0.05, 0) is 59.7 Å². The molecule has 0 saturated carbocycles. The number of benzene rings is 8. The molecule has 0 atom stereocenters. The third-order valence-electron chi connectivity index (χ3n) is 11.7. The van der Waals surface area contributed by atoms with Crippen LogP contribution in [-0.2, 0) is 5.41 Å². The van der Waals surface area contributed by atoms with E-state index < -0.39 is 5.41 Å². The summed E-state index contributed by atoms with van der Waals surface area (Å²) in [5.74, 6) is 3.42. The van der Waals surface area contributed by atoms with Crippen molar-refractivity contribution in [3.05, 3.63) is 222 Å². The van der Waals surface area contributed by atoms with E-state index in [0.717, 1.165) is 72.6 Å². The van der Waals surface area contributed by atoms with Crippen molar-refractivity contribution in [3.63, 3.8) is 0 Å². The summed E-state index contributed by atoms with van der Waals surface area (Å²) in [5.41, 5.74) is 10.9. The zero-order chi connectivity index (χ0) is 38.2. The SMILES string of the molecule is c1ccc(-c2nc(-c3ccccc3)nc(-n3c4ccccc4c4cc5c(cc43)C3(c4ccccc4O5)c4ccccc4N(c4ccccc4)c4ccccc43)n2)cc1. The highest BCUT2D eigenvalue weighted by Gasteiger charge is 2.51. The Morgan fingerprint density at radius 3 is 1.59 bits per heavy atom. The van der Waals surface area contributed by atoms with Crippen LogP contribution >= 0.6 is 0 Å². The van der Waals surface area contributed by atoms with Gasteiger partial charge in [-0.15, -0.1) is 0 Å². The van der Waals surface area contributed by atoms with Crippen LogP contribution in [-0.4, -0.2) is 19.5 Å². The molecule has 58 heavy (non-hydrogen) atoms. The third-order valence-corrected chi connectivity index (χ3v) is 11.7. The van der Waals surface area contributed by atoms with Crippen molar-refractivity contribution in [1.82, 2.24) is 19.5 Å². The van der Waals surface area contributed by atoms with Crippen LogP contribution < -0.4 is 9.64 Å². The molecule has 2 aliphatic rings. The average Bonchev–Trinajstić information content (AvgIpc) is 3.62. The quantitative estimate of drug-likeness (QED) is 0.180. The number of fused-ring (bicyclic) bond motifs is 11. The van der Waals surface area contributed by atoms with Gasteiger partial charge in [0.2, 0.25) is 5.95 Å². The van der Waals surface area contributed by atoms with Crippen molar-refractivity contribution in [2.24, 2.45) is 0 Å². The van der Waals surface area contributed by atoms with Crippen LogP contribution in [0.2, 0.25) is 0 Å². The van der Waals surface area contributed by atoms with Crippen LogP contribution in [0.4, 0.5) is 17.1 Å². The van der Waals surface area contributed by atoms with E-state index in [9.17, 15) is 0 Å². The summed E-state index contributed by atoms with van der Waals surface area (Å²) in [6.07, 6.45) is 0. The second-order valence-electron chi connectivity index (χ2n) is 14.8. The van der Waals surface area contributed by atoms with Crippen LogP contribution in [0.15, 0.2) is 200 Å². The molecule has 6 heteroatoms. The lowest BCUT2D eigenvalue weighted by molar-refractivity contribution is 0.435.